The van der Waals surface area contributed by atoms with Crippen molar-refractivity contribution in [2.75, 3.05) is 18.4 Å². The molecule has 0 bridgehead atoms. The van der Waals surface area contributed by atoms with Gasteiger partial charge in [0.15, 0.2) is 5.65 Å². The molecule has 3 aromatic rings. The number of carbonyl (C=O) groups excluding carboxylic acids is 2. The maximum atomic E-state index is 13.1. The number of likely N-dealkylation sites (tertiary alicyclic amines) is 1. The Balaban J connectivity index is 1.38. The van der Waals surface area contributed by atoms with Crippen LogP contribution in [0.4, 0.5) is 10.5 Å². The highest BCUT2D eigenvalue weighted by Gasteiger charge is 2.25. The summed E-state index contributed by atoms with van der Waals surface area (Å²) >= 11 is 0. The normalized spacial score (nSPS) is 16.7. The molecule has 0 unspecified atom stereocenters. The zero-order valence-corrected chi connectivity index (χ0v) is 22.5. The summed E-state index contributed by atoms with van der Waals surface area (Å²) in [5.41, 5.74) is 11.2. The Morgan fingerprint density at radius 2 is 1.76 bits per heavy atom. The Labute approximate surface area is 224 Å². The van der Waals surface area contributed by atoms with E-state index >= 15 is 0 Å². The summed E-state index contributed by atoms with van der Waals surface area (Å²) in [7, 11) is 0. The van der Waals surface area contributed by atoms with Gasteiger partial charge in [0.2, 0.25) is 0 Å². The number of benzene rings is 1. The van der Waals surface area contributed by atoms with Crippen LogP contribution in [0.15, 0.2) is 30.5 Å². The van der Waals surface area contributed by atoms with Crippen molar-refractivity contribution in [1.82, 2.24) is 25.0 Å². The molecule has 1 aliphatic heterocycles. The average Bonchev–Trinajstić information content (AvgIpc) is 3.63. The van der Waals surface area contributed by atoms with E-state index in [0.29, 0.717) is 31.1 Å². The van der Waals surface area contributed by atoms with E-state index in [9.17, 15) is 9.59 Å². The van der Waals surface area contributed by atoms with E-state index in [1.807, 2.05) is 23.0 Å². The van der Waals surface area contributed by atoms with Crippen LogP contribution in [-0.2, 0) is 19.5 Å². The topological polar surface area (TPSA) is 118 Å². The Hall–Kier alpha value is -3.62. The molecule has 3 heterocycles. The van der Waals surface area contributed by atoms with Crippen LogP contribution in [0.25, 0.3) is 11.0 Å². The van der Waals surface area contributed by atoms with E-state index in [-0.39, 0.29) is 18.0 Å². The van der Waals surface area contributed by atoms with Gasteiger partial charge < -0.3 is 21.3 Å². The van der Waals surface area contributed by atoms with Crippen LogP contribution in [0.2, 0.25) is 0 Å². The lowest BCUT2D eigenvalue weighted by molar-refractivity contribution is 0.0951. The summed E-state index contributed by atoms with van der Waals surface area (Å²) in [6, 6.07) is 7.93. The predicted molar refractivity (Wildman–Crippen MR) is 149 cm³/mol. The largest absolute Gasteiger partial charge is 0.381 e. The Morgan fingerprint density at radius 1 is 1.05 bits per heavy atom. The molecule has 1 saturated carbocycles. The highest BCUT2D eigenvalue weighted by molar-refractivity contribution is 5.95. The number of urea groups is 1. The first-order chi connectivity index (χ1) is 18.5. The van der Waals surface area contributed by atoms with Crippen molar-refractivity contribution in [2.45, 2.75) is 83.8 Å². The number of carbonyl (C=O) groups is 2. The number of pyridine rings is 1. The minimum atomic E-state index is -0.369. The van der Waals surface area contributed by atoms with Crippen LogP contribution in [0, 0.1) is 0 Å². The molecule has 0 atom stereocenters. The van der Waals surface area contributed by atoms with Gasteiger partial charge in [0.25, 0.3) is 5.91 Å². The molecule has 5 rings (SSSR count). The number of rotatable bonds is 8. The molecule has 0 radical (unpaired) electrons. The number of primary amides is 1. The number of hydrogen-bond acceptors (Lipinski definition) is 5. The van der Waals surface area contributed by atoms with Gasteiger partial charge in [-0.25, -0.2) is 14.5 Å². The zero-order valence-electron chi connectivity index (χ0n) is 22.5. The number of nitrogens with one attached hydrogen (secondary N) is 2. The van der Waals surface area contributed by atoms with Crippen LogP contribution >= 0.6 is 0 Å². The minimum Gasteiger partial charge on any atom is -0.381 e. The van der Waals surface area contributed by atoms with Gasteiger partial charge >= 0.3 is 6.03 Å². The smallest absolute Gasteiger partial charge is 0.314 e. The van der Waals surface area contributed by atoms with E-state index < -0.39 is 0 Å². The molecule has 38 heavy (non-hydrogen) atoms. The van der Waals surface area contributed by atoms with Gasteiger partial charge in [0.1, 0.15) is 0 Å². The molecule has 9 nitrogen and oxygen atoms in total. The summed E-state index contributed by atoms with van der Waals surface area (Å²) in [5, 5.41) is 12.4. The molecule has 3 amide bonds. The Kier molecular flexibility index (Phi) is 7.81. The second kappa shape index (κ2) is 11.4. The third kappa shape index (κ3) is 5.33. The van der Waals surface area contributed by atoms with Crippen LogP contribution in [0.1, 0.15) is 85.5 Å². The van der Waals surface area contributed by atoms with Gasteiger partial charge in [-0.1, -0.05) is 31.9 Å². The lowest BCUT2D eigenvalue weighted by Gasteiger charge is -2.32. The number of anilines is 1. The standard InChI is InChI=1S/C29H39N7O2/c1-3-25-23(17-31-28(37)21-11-9-20(10-12-21)19-7-5-6-8-19)26(24-18-32-36(4-2)27(24)34-25)33-22-13-15-35(16-14-22)29(30)38/h9-12,18-19,22H,3-8,13-17H2,1-2H3,(H2,30,38)(H,31,37)(H,33,34). The van der Waals surface area contributed by atoms with E-state index in [4.69, 9.17) is 10.7 Å². The quantitative estimate of drug-likeness (QED) is 0.405. The molecular formula is C29H39N7O2. The summed E-state index contributed by atoms with van der Waals surface area (Å²) in [6.07, 6.45) is 9.27. The molecule has 1 aromatic carbocycles. The molecule has 2 fully saturated rings. The predicted octanol–water partition coefficient (Wildman–Crippen LogP) is 4.56. The summed E-state index contributed by atoms with van der Waals surface area (Å²) < 4.78 is 1.91. The summed E-state index contributed by atoms with van der Waals surface area (Å²) in [6.45, 7) is 6.48. The number of aryl methyl sites for hydroxylation is 2. The van der Waals surface area contributed by atoms with Gasteiger partial charge in [-0.15, -0.1) is 0 Å². The second-order valence-electron chi connectivity index (χ2n) is 10.5. The molecule has 4 N–H and O–H groups in total. The first-order valence-electron chi connectivity index (χ1n) is 14.0. The van der Waals surface area contributed by atoms with Crippen molar-refractivity contribution in [3.05, 3.63) is 52.8 Å². The lowest BCUT2D eigenvalue weighted by atomic mass is 9.96. The molecule has 2 aromatic heterocycles. The van der Waals surface area contributed by atoms with Crippen LogP contribution in [0.3, 0.4) is 0 Å². The van der Waals surface area contributed by atoms with E-state index in [0.717, 1.165) is 53.8 Å². The SMILES string of the molecule is CCc1nc2c(cnn2CC)c(NC2CCN(C(N)=O)CC2)c1CNC(=O)c1ccc(C2CCCC2)cc1. The fraction of sp³-hybridized carbons (Fsp3) is 0.517. The average molecular weight is 518 g/mol. The number of aromatic nitrogens is 3. The van der Waals surface area contributed by atoms with Gasteiger partial charge in [-0.2, -0.15) is 5.10 Å². The minimum absolute atomic E-state index is 0.0879. The summed E-state index contributed by atoms with van der Waals surface area (Å²) in [4.78, 5) is 31.4. The van der Waals surface area contributed by atoms with Crippen molar-refractivity contribution >= 4 is 28.7 Å². The van der Waals surface area contributed by atoms with Gasteiger partial charge in [0, 0.05) is 49.0 Å². The molecule has 202 valence electrons. The van der Waals surface area contributed by atoms with Gasteiger partial charge in [0.05, 0.1) is 17.3 Å². The van der Waals surface area contributed by atoms with Crippen molar-refractivity contribution in [1.29, 1.82) is 0 Å². The fourth-order valence-corrected chi connectivity index (χ4v) is 5.94. The van der Waals surface area contributed by atoms with Gasteiger partial charge in [-0.3, -0.25) is 4.79 Å². The second-order valence-corrected chi connectivity index (χ2v) is 10.5. The molecule has 1 aliphatic carbocycles. The van der Waals surface area contributed by atoms with Gasteiger partial charge in [-0.05, 0) is 62.6 Å². The van der Waals surface area contributed by atoms with Crippen molar-refractivity contribution in [2.24, 2.45) is 5.73 Å². The molecule has 1 saturated heterocycles. The van der Waals surface area contributed by atoms with Crippen molar-refractivity contribution in [3.63, 3.8) is 0 Å². The van der Waals surface area contributed by atoms with Crippen LogP contribution in [-0.4, -0.2) is 50.7 Å². The van der Waals surface area contributed by atoms with E-state index in [2.05, 4.69) is 41.7 Å². The van der Waals surface area contributed by atoms with Crippen molar-refractivity contribution in [3.8, 4) is 0 Å². The molecule has 0 spiro atoms. The van der Waals surface area contributed by atoms with E-state index in [1.165, 1.54) is 31.2 Å². The highest BCUT2D eigenvalue weighted by Crippen LogP contribution is 2.34. The van der Waals surface area contributed by atoms with Crippen LogP contribution in [0.5, 0.6) is 0 Å². The molecule has 9 heteroatoms. The monoisotopic (exact) mass is 517 g/mol. The Morgan fingerprint density at radius 3 is 2.39 bits per heavy atom. The Bertz CT molecular complexity index is 1290. The number of nitrogens with zero attached hydrogens (tertiary/aromatic N) is 4. The first-order valence-corrected chi connectivity index (χ1v) is 14.0. The fourth-order valence-electron chi connectivity index (χ4n) is 5.94. The number of hydrogen-bond donors (Lipinski definition) is 3. The number of piperidine rings is 1. The molecule has 2 aliphatic rings. The third-order valence-corrected chi connectivity index (χ3v) is 8.19. The maximum absolute atomic E-state index is 13.1. The number of fused-ring (bicyclic) bond motifs is 1. The highest BCUT2D eigenvalue weighted by atomic mass is 16.2. The maximum Gasteiger partial charge on any atom is 0.314 e. The molecular weight excluding hydrogens is 478 g/mol. The van der Waals surface area contributed by atoms with E-state index in [1.54, 1.807) is 4.90 Å². The zero-order chi connectivity index (χ0) is 26.6. The van der Waals surface area contributed by atoms with Crippen LogP contribution < -0.4 is 16.4 Å². The third-order valence-electron chi connectivity index (χ3n) is 8.19. The number of amides is 3. The van der Waals surface area contributed by atoms with Crippen molar-refractivity contribution < 1.29 is 9.59 Å². The summed E-state index contributed by atoms with van der Waals surface area (Å²) in [5.74, 6) is 0.541. The number of nitrogens with two attached hydrogens (primary N) is 1. The first kappa shape index (κ1) is 26.0. The lowest BCUT2D eigenvalue weighted by Crippen LogP contribution is -2.44.